The van der Waals surface area contributed by atoms with Gasteiger partial charge in [0.1, 0.15) is 5.75 Å². The number of carbonyl (C=O) groups is 1. The zero-order valence-corrected chi connectivity index (χ0v) is 8.62. The summed E-state index contributed by atoms with van der Waals surface area (Å²) in [6.45, 7) is 2.05. The SMILES string of the molecule is CCCC1NC(=O)c2cc(N)ccc2O1. The van der Waals surface area contributed by atoms with Gasteiger partial charge < -0.3 is 15.8 Å². The molecule has 1 atom stereocenters. The molecule has 1 unspecified atom stereocenters. The first-order valence-corrected chi connectivity index (χ1v) is 5.07. The molecule has 1 aromatic rings. The Morgan fingerprint density at radius 3 is 3.07 bits per heavy atom. The van der Waals surface area contributed by atoms with Gasteiger partial charge in [0.05, 0.1) is 5.56 Å². The molecular weight excluding hydrogens is 192 g/mol. The molecule has 0 fully saturated rings. The van der Waals surface area contributed by atoms with E-state index >= 15 is 0 Å². The summed E-state index contributed by atoms with van der Waals surface area (Å²) in [5.41, 5.74) is 6.69. The molecule has 0 radical (unpaired) electrons. The summed E-state index contributed by atoms with van der Waals surface area (Å²) in [6, 6.07) is 5.11. The van der Waals surface area contributed by atoms with Crippen molar-refractivity contribution >= 4 is 11.6 Å². The highest BCUT2D eigenvalue weighted by Crippen LogP contribution is 2.26. The fourth-order valence-electron chi connectivity index (χ4n) is 1.63. The first kappa shape index (κ1) is 9.83. The number of hydrogen-bond donors (Lipinski definition) is 2. The minimum Gasteiger partial charge on any atom is -0.470 e. The van der Waals surface area contributed by atoms with Crippen LogP contribution in [0.25, 0.3) is 0 Å². The number of carbonyl (C=O) groups excluding carboxylic acids is 1. The van der Waals surface area contributed by atoms with Crippen LogP contribution < -0.4 is 15.8 Å². The van der Waals surface area contributed by atoms with Crippen LogP contribution in [0.3, 0.4) is 0 Å². The molecule has 0 aromatic heterocycles. The quantitative estimate of drug-likeness (QED) is 0.721. The lowest BCUT2D eigenvalue weighted by molar-refractivity contribution is 0.0739. The Morgan fingerprint density at radius 1 is 1.53 bits per heavy atom. The topological polar surface area (TPSA) is 64.4 Å². The molecule has 4 nitrogen and oxygen atoms in total. The summed E-state index contributed by atoms with van der Waals surface area (Å²) in [5.74, 6) is 0.508. The minimum atomic E-state index is -0.210. The van der Waals surface area contributed by atoms with E-state index in [9.17, 15) is 4.79 Å². The van der Waals surface area contributed by atoms with Crippen molar-refractivity contribution in [2.75, 3.05) is 5.73 Å². The van der Waals surface area contributed by atoms with Crippen molar-refractivity contribution in [1.29, 1.82) is 0 Å². The van der Waals surface area contributed by atoms with Gasteiger partial charge in [-0.1, -0.05) is 13.3 Å². The predicted octanol–water partition coefficient (Wildman–Crippen LogP) is 1.52. The minimum absolute atomic E-state index is 0.109. The second kappa shape index (κ2) is 3.81. The Bertz CT molecular complexity index is 390. The molecule has 1 aromatic carbocycles. The van der Waals surface area contributed by atoms with E-state index in [1.807, 2.05) is 6.92 Å². The molecule has 3 N–H and O–H groups in total. The third-order valence-electron chi connectivity index (χ3n) is 2.36. The van der Waals surface area contributed by atoms with Crippen molar-refractivity contribution in [2.45, 2.75) is 26.0 Å². The maximum Gasteiger partial charge on any atom is 0.257 e. The highest BCUT2D eigenvalue weighted by atomic mass is 16.5. The lowest BCUT2D eigenvalue weighted by Crippen LogP contribution is -2.43. The lowest BCUT2D eigenvalue weighted by atomic mass is 10.1. The Balaban J connectivity index is 2.28. The summed E-state index contributed by atoms with van der Waals surface area (Å²) < 4.78 is 5.61. The fourth-order valence-corrected chi connectivity index (χ4v) is 1.63. The third kappa shape index (κ3) is 1.88. The predicted molar refractivity (Wildman–Crippen MR) is 57.6 cm³/mol. The second-order valence-electron chi connectivity index (χ2n) is 3.62. The number of nitrogens with one attached hydrogen (secondary N) is 1. The first-order chi connectivity index (χ1) is 7.20. The Labute approximate surface area is 88.4 Å². The number of amides is 1. The van der Waals surface area contributed by atoms with Gasteiger partial charge in [0.2, 0.25) is 0 Å². The zero-order valence-electron chi connectivity index (χ0n) is 8.62. The van der Waals surface area contributed by atoms with Gasteiger partial charge in [-0.2, -0.15) is 0 Å². The Morgan fingerprint density at radius 2 is 2.33 bits per heavy atom. The second-order valence-corrected chi connectivity index (χ2v) is 3.62. The molecular formula is C11H14N2O2. The average molecular weight is 206 g/mol. The van der Waals surface area contributed by atoms with Gasteiger partial charge >= 0.3 is 0 Å². The maximum absolute atomic E-state index is 11.7. The van der Waals surface area contributed by atoms with Crippen LogP contribution >= 0.6 is 0 Å². The number of ether oxygens (including phenoxy) is 1. The van der Waals surface area contributed by atoms with Crippen LogP contribution in [0.15, 0.2) is 18.2 Å². The van der Waals surface area contributed by atoms with Gasteiger partial charge in [-0.25, -0.2) is 0 Å². The number of benzene rings is 1. The lowest BCUT2D eigenvalue weighted by Gasteiger charge is -2.26. The van der Waals surface area contributed by atoms with E-state index in [1.54, 1.807) is 18.2 Å². The number of fused-ring (bicyclic) bond motifs is 1. The van der Waals surface area contributed by atoms with Gasteiger partial charge in [0, 0.05) is 12.1 Å². The van der Waals surface area contributed by atoms with Crippen LogP contribution in [0.5, 0.6) is 5.75 Å². The zero-order chi connectivity index (χ0) is 10.8. The van der Waals surface area contributed by atoms with Crippen LogP contribution in [0, 0.1) is 0 Å². The van der Waals surface area contributed by atoms with Gasteiger partial charge in [-0.15, -0.1) is 0 Å². The van der Waals surface area contributed by atoms with Crippen molar-refractivity contribution in [1.82, 2.24) is 5.32 Å². The van der Waals surface area contributed by atoms with E-state index in [4.69, 9.17) is 10.5 Å². The van der Waals surface area contributed by atoms with E-state index in [1.165, 1.54) is 0 Å². The monoisotopic (exact) mass is 206 g/mol. The summed E-state index contributed by atoms with van der Waals surface area (Å²) in [7, 11) is 0. The Kier molecular flexibility index (Phi) is 2.49. The van der Waals surface area contributed by atoms with Gasteiger partial charge in [0.25, 0.3) is 5.91 Å². The van der Waals surface area contributed by atoms with Gasteiger partial charge in [-0.05, 0) is 18.2 Å². The molecule has 2 rings (SSSR count). The highest BCUT2D eigenvalue weighted by molar-refractivity contribution is 5.98. The number of hydrogen-bond acceptors (Lipinski definition) is 3. The highest BCUT2D eigenvalue weighted by Gasteiger charge is 2.24. The molecule has 0 bridgehead atoms. The Hall–Kier alpha value is -1.71. The summed E-state index contributed by atoms with van der Waals surface area (Å²) in [6.07, 6.45) is 1.57. The van der Waals surface area contributed by atoms with E-state index in [0.29, 0.717) is 17.0 Å². The van der Waals surface area contributed by atoms with Gasteiger partial charge in [0.15, 0.2) is 6.23 Å². The van der Waals surface area contributed by atoms with E-state index in [0.717, 1.165) is 12.8 Å². The fraction of sp³-hybridized carbons (Fsp3) is 0.364. The van der Waals surface area contributed by atoms with Crippen LogP contribution in [0.2, 0.25) is 0 Å². The number of nitrogen functional groups attached to an aromatic ring is 1. The molecule has 0 saturated heterocycles. The molecule has 1 aliphatic heterocycles. The van der Waals surface area contributed by atoms with E-state index in [2.05, 4.69) is 5.32 Å². The van der Waals surface area contributed by atoms with Crippen LogP contribution in [-0.2, 0) is 0 Å². The molecule has 0 spiro atoms. The summed E-state index contributed by atoms with van der Waals surface area (Å²) >= 11 is 0. The summed E-state index contributed by atoms with van der Waals surface area (Å²) in [5, 5.41) is 2.78. The molecule has 0 aliphatic carbocycles. The molecule has 1 amide bonds. The molecule has 15 heavy (non-hydrogen) atoms. The molecule has 80 valence electrons. The van der Waals surface area contributed by atoms with E-state index in [-0.39, 0.29) is 12.1 Å². The number of nitrogens with two attached hydrogens (primary N) is 1. The van der Waals surface area contributed by atoms with Crippen molar-refractivity contribution in [3.63, 3.8) is 0 Å². The largest absolute Gasteiger partial charge is 0.470 e. The van der Waals surface area contributed by atoms with Crippen molar-refractivity contribution < 1.29 is 9.53 Å². The molecule has 0 saturated carbocycles. The third-order valence-corrected chi connectivity index (χ3v) is 2.36. The average Bonchev–Trinajstić information content (AvgIpc) is 2.20. The first-order valence-electron chi connectivity index (χ1n) is 5.07. The van der Waals surface area contributed by atoms with E-state index < -0.39 is 0 Å². The van der Waals surface area contributed by atoms with Gasteiger partial charge in [-0.3, -0.25) is 4.79 Å². The molecule has 1 heterocycles. The van der Waals surface area contributed by atoms with Crippen molar-refractivity contribution in [2.24, 2.45) is 0 Å². The number of anilines is 1. The van der Waals surface area contributed by atoms with Crippen LogP contribution in [0.1, 0.15) is 30.1 Å². The van der Waals surface area contributed by atoms with Crippen LogP contribution in [-0.4, -0.2) is 12.1 Å². The smallest absolute Gasteiger partial charge is 0.257 e. The number of rotatable bonds is 2. The maximum atomic E-state index is 11.7. The molecule has 1 aliphatic rings. The standard InChI is InChI=1S/C11H14N2O2/c1-2-3-10-13-11(14)8-6-7(12)4-5-9(8)15-10/h4-6,10H,2-3,12H2,1H3,(H,13,14). The van der Waals surface area contributed by atoms with Crippen molar-refractivity contribution in [3.8, 4) is 5.75 Å². The summed E-state index contributed by atoms with van der Waals surface area (Å²) in [4.78, 5) is 11.7. The normalized spacial score (nSPS) is 19.0. The van der Waals surface area contributed by atoms with Crippen LogP contribution in [0.4, 0.5) is 5.69 Å². The van der Waals surface area contributed by atoms with Crippen molar-refractivity contribution in [3.05, 3.63) is 23.8 Å². The molecule has 4 heteroatoms.